The molecule has 0 amide bonds. The molecule has 0 spiro atoms. The number of nitrogens with one attached hydrogen (secondary N) is 4. The van der Waals surface area contributed by atoms with Crippen molar-refractivity contribution in [3.63, 3.8) is 0 Å². The lowest BCUT2D eigenvalue weighted by atomic mass is 9.93. The molecule has 12 heteroatoms. The molecule has 2 atom stereocenters. The second-order valence-electron chi connectivity index (χ2n) is 9.71. The molecule has 0 saturated heterocycles. The van der Waals surface area contributed by atoms with E-state index in [9.17, 15) is 8.78 Å². The molecule has 0 aliphatic heterocycles. The molecule has 0 radical (unpaired) electrons. The number of hydrogen-bond acceptors (Lipinski definition) is 10. The summed E-state index contributed by atoms with van der Waals surface area (Å²) in [5, 5.41) is 39.7. The molecule has 0 saturated carbocycles. The smallest absolute Gasteiger partial charge is 0.132 e. The summed E-state index contributed by atoms with van der Waals surface area (Å²) in [4.78, 5) is 0. The second kappa shape index (κ2) is 15.0. The van der Waals surface area contributed by atoms with Crippen molar-refractivity contribution < 1.29 is 28.5 Å². The average Bonchev–Trinajstić information content (AvgIpc) is 3.04. The van der Waals surface area contributed by atoms with Crippen molar-refractivity contribution in [3.8, 4) is 23.0 Å². The predicted molar refractivity (Wildman–Crippen MR) is 167 cm³/mol. The fourth-order valence-corrected chi connectivity index (χ4v) is 4.54. The Morgan fingerprint density at radius 1 is 0.659 bits per heavy atom. The van der Waals surface area contributed by atoms with Gasteiger partial charge in [-0.3, -0.25) is 0 Å². The highest BCUT2D eigenvalue weighted by atomic mass is 19.1. The van der Waals surface area contributed by atoms with Gasteiger partial charge < -0.3 is 52.6 Å². The number of nitrogens with two attached hydrogens (primary N) is 2. The van der Waals surface area contributed by atoms with Crippen molar-refractivity contribution >= 4 is 23.8 Å². The van der Waals surface area contributed by atoms with Crippen LogP contribution >= 0.6 is 0 Å². The second-order valence-corrected chi connectivity index (χ2v) is 9.71. The summed E-state index contributed by atoms with van der Waals surface area (Å²) in [5.41, 5.74) is 15.9. The van der Waals surface area contributed by atoms with E-state index in [1.165, 1.54) is 36.4 Å². The fourth-order valence-electron chi connectivity index (χ4n) is 4.54. The Balaban J connectivity index is 1.63. The van der Waals surface area contributed by atoms with Crippen LogP contribution in [0.15, 0.2) is 72.8 Å². The summed E-state index contributed by atoms with van der Waals surface area (Å²) in [5.74, 6) is -0.0450. The Morgan fingerprint density at radius 3 is 1.43 bits per heavy atom. The molecule has 0 aliphatic rings. The van der Waals surface area contributed by atoms with Crippen LogP contribution in [0.25, 0.3) is 0 Å². The highest BCUT2D eigenvalue weighted by Gasteiger charge is 2.26. The van der Waals surface area contributed by atoms with E-state index < -0.39 is 23.7 Å². The normalized spacial score (nSPS) is 12.2. The fraction of sp³-hybridized carbons (Fsp3) is 0.188. The number of aliphatic hydroxyl groups is 2. The van der Waals surface area contributed by atoms with Gasteiger partial charge in [0.25, 0.3) is 0 Å². The van der Waals surface area contributed by atoms with Crippen LogP contribution in [0.5, 0.6) is 23.0 Å². The van der Waals surface area contributed by atoms with Crippen molar-refractivity contribution in [2.45, 2.75) is 12.1 Å². The number of anilines is 2. The first kappa shape index (κ1) is 32.0. The number of ether oxygens (including phenoxy) is 2. The maximum Gasteiger partial charge on any atom is 0.132 e. The van der Waals surface area contributed by atoms with Crippen LogP contribution in [0.4, 0.5) is 20.2 Å². The van der Waals surface area contributed by atoms with Crippen molar-refractivity contribution in [1.82, 2.24) is 0 Å². The van der Waals surface area contributed by atoms with E-state index in [0.717, 1.165) is 12.4 Å². The molecule has 230 valence electrons. The molecule has 4 aromatic carbocycles. The van der Waals surface area contributed by atoms with Gasteiger partial charge in [0.15, 0.2) is 0 Å². The van der Waals surface area contributed by atoms with Gasteiger partial charge in [-0.05, 0) is 72.8 Å². The third kappa shape index (κ3) is 7.74. The van der Waals surface area contributed by atoms with Crippen molar-refractivity contribution in [2.24, 2.45) is 11.5 Å². The van der Waals surface area contributed by atoms with Crippen molar-refractivity contribution in [3.05, 3.63) is 107 Å². The maximum atomic E-state index is 14.5. The standard InChI is InChI=1S/C32H34F2N6O4/c33-21-1-7-29(43-23-3-5-27(39-9-11-41)19(13-23)17-35)25(15-21)31(37)32(38)26-16-22(34)2-8-30(26)44-24-4-6-28(40-10-12-42)20(14-24)18-36/h1-8,13-18,31-32,35-36,39-42H,9-12,37-38H2. The first-order chi connectivity index (χ1) is 21.3. The molecule has 10 N–H and O–H groups in total. The van der Waals surface area contributed by atoms with E-state index in [0.29, 0.717) is 47.1 Å². The van der Waals surface area contributed by atoms with Gasteiger partial charge in [0, 0.05) is 59.1 Å². The van der Waals surface area contributed by atoms with Crippen LogP contribution in [0.2, 0.25) is 0 Å². The molecule has 0 aromatic heterocycles. The van der Waals surface area contributed by atoms with E-state index in [1.807, 2.05) is 0 Å². The van der Waals surface area contributed by atoms with Gasteiger partial charge in [0.2, 0.25) is 0 Å². The van der Waals surface area contributed by atoms with Gasteiger partial charge in [-0.15, -0.1) is 0 Å². The van der Waals surface area contributed by atoms with E-state index >= 15 is 0 Å². The van der Waals surface area contributed by atoms with Crippen molar-refractivity contribution in [1.29, 1.82) is 10.8 Å². The van der Waals surface area contributed by atoms with Gasteiger partial charge in [-0.1, -0.05) is 0 Å². The van der Waals surface area contributed by atoms with Crippen LogP contribution in [-0.4, -0.2) is 48.9 Å². The topological polar surface area (TPSA) is 183 Å². The number of benzene rings is 4. The van der Waals surface area contributed by atoms with E-state index in [4.69, 9.17) is 42.0 Å². The minimum absolute atomic E-state index is 0.0785. The molecule has 4 aromatic rings. The molecular weight excluding hydrogens is 570 g/mol. The lowest BCUT2D eigenvalue weighted by Crippen LogP contribution is -2.27. The largest absolute Gasteiger partial charge is 0.457 e. The zero-order chi connectivity index (χ0) is 31.6. The molecule has 4 rings (SSSR count). The van der Waals surface area contributed by atoms with Gasteiger partial charge >= 0.3 is 0 Å². The molecule has 0 bridgehead atoms. The van der Waals surface area contributed by atoms with Gasteiger partial charge in [0.05, 0.1) is 25.3 Å². The predicted octanol–water partition coefficient (Wildman–Crippen LogP) is 5.05. The first-order valence-corrected chi connectivity index (χ1v) is 13.7. The summed E-state index contributed by atoms with van der Waals surface area (Å²) in [6, 6.07) is 15.4. The molecule has 44 heavy (non-hydrogen) atoms. The molecule has 0 aliphatic carbocycles. The summed E-state index contributed by atoms with van der Waals surface area (Å²) >= 11 is 0. The van der Waals surface area contributed by atoms with E-state index in [1.54, 1.807) is 36.4 Å². The van der Waals surface area contributed by atoms with Crippen LogP contribution in [0.1, 0.15) is 34.3 Å². The summed E-state index contributed by atoms with van der Waals surface area (Å²) in [7, 11) is 0. The zero-order valence-electron chi connectivity index (χ0n) is 23.7. The van der Waals surface area contributed by atoms with Gasteiger partial charge in [-0.2, -0.15) is 0 Å². The van der Waals surface area contributed by atoms with Gasteiger partial charge in [0.1, 0.15) is 34.6 Å². The molecule has 0 heterocycles. The lowest BCUT2D eigenvalue weighted by Gasteiger charge is -2.25. The Bertz CT molecular complexity index is 1500. The molecule has 2 unspecified atom stereocenters. The van der Waals surface area contributed by atoms with E-state index in [2.05, 4.69) is 10.6 Å². The zero-order valence-corrected chi connectivity index (χ0v) is 23.7. The molecular formula is C32H34F2N6O4. The molecule has 0 fully saturated rings. The quantitative estimate of drug-likeness (QED) is 0.0867. The SMILES string of the molecule is N=Cc1cc(Oc2ccc(F)cc2C(N)C(N)c2cc(F)ccc2Oc2ccc(NCCO)c(C=N)c2)ccc1NCCO. The van der Waals surface area contributed by atoms with E-state index in [-0.39, 0.29) is 35.8 Å². The number of halogens is 2. The minimum Gasteiger partial charge on any atom is -0.457 e. The average molecular weight is 605 g/mol. The van der Waals surface area contributed by atoms with Crippen LogP contribution in [0, 0.1) is 22.5 Å². The van der Waals surface area contributed by atoms with Crippen molar-refractivity contribution in [2.75, 3.05) is 36.9 Å². The highest BCUT2D eigenvalue weighted by Crippen LogP contribution is 2.39. The number of aliphatic hydroxyl groups excluding tert-OH is 2. The van der Waals surface area contributed by atoms with Gasteiger partial charge in [-0.25, -0.2) is 8.78 Å². The maximum absolute atomic E-state index is 14.5. The Morgan fingerprint density at radius 2 is 1.07 bits per heavy atom. The Labute approximate surface area is 253 Å². The lowest BCUT2D eigenvalue weighted by molar-refractivity contribution is 0.311. The summed E-state index contributed by atoms with van der Waals surface area (Å²) < 4.78 is 41.1. The summed E-state index contributed by atoms with van der Waals surface area (Å²) in [6.45, 7) is 0.451. The third-order valence-corrected chi connectivity index (χ3v) is 6.72. The summed E-state index contributed by atoms with van der Waals surface area (Å²) in [6.07, 6.45) is 2.27. The van der Waals surface area contributed by atoms with Crippen LogP contribution in [0.3, 0.4) is 0 Å². The molecule has 10 nitrogen and oxygen atoms in total. The third-order valence-electron chi connectivity index (χ3n) is 6.72. The monoisotopic (exact) mass is 604 g/mol. The first-order valence-electron chi connectivity index (χ1n) is 13.7. The Hall–Kier alpha value is -4.88. The minimum atomic E-state index is -1.07. The highest BCUT2D eigenvalue weighted by molar-refractivity contribution is 5.87. The van der Waals surface area contributed by atoms with Crippen LogP contribution in [-0.2, 0) is 0 Å². The number of rotatable bonds is 15. The van der Waals surface area contributed by atoms with Crippen LogP contribution < -0.4 is 31.6 Å². The number of hydrogen-bond donors (Lipinski definition) is 8. The Kier molecular flexibility index (Phi) is 10.9.